The predicted molar refractivity (Wildman–Crippen MR) is 106 cm³/mol. The van der Waals surface area contributed by atoms with Gasteiger partial charge in [0.25, 0.3) is 5.69 Å². The Bertz CT molecular complexity index is 936. The summed E-state index contributed by atoms with van der Waals surface area (Å²) in [6, 6.07) is 21.7. The van der Waals surface area contributed by atoms with Crippen molar-refractivity contribution in [1.82, 2.24) is 0 Å². The third-order valence-electron chi connectivity index (χ3n) is 4.28. The highest BCUT2D eigenvalue weighted by atomic mass is 35.5. The van der Waals surface area contributed by atoms with Crippen LogP contribution in [0.4, 0.5) is 11.4 Å². The number of carbonyl (C=O) groups excluding carboxylic acids is 1. The van der Waals surface area contributed by atoms with E-state index in [1.807, 2.05) is 60.7 Å². The topological polar surface area (TPSA) is 72.2 Å². The third kappa shape index (κ3) is 4.15. The lowest BCUT2D eigenvalue weighted by Gasteiger charge is -2.19. The standard InChI is InChI=1S/C21H17ClN2O3/c1-14-12-19(24(26)27)17(22)13-18(14)23-21(25)20(15-8-4-2-5-9-15)16-10-6-3-7-11-16/h2-13,20H,1H3,(H,23,25). The van der Waals surface area contributed by atoms with E-state index in [-0.39, 0.29) is 16.6 Å². The molecule has 0 aliphatic carbocycles. The van der Waals surface area contributed by atoms with Gasteiger partial charge in [0.2, 0.25) is 5.91 Å². The van der Waals surface area contributed by atoms with Gasteiger partial charge in [0, 0.05) is 11.8 Å². The Hall–Kier alpha value is -3.18. The van der Waals surface area contributed by atoms with Gasteiger partial charge in [-0.25, -0.2) is 0 Å². The van der Waals surface area contributed by atoms with Crippen LogP contribution in [0.2, 0.25) is 5.02 Å². The fourth-order valence-corrected chi connectivity index (χ4v) is 3.16. The van der Waals surface area contributed by atoms with Crippen molar-refractivity contribution >= 4 is 28.9 Å². The third-order valence-corrected chi connectivity index (χ3v) is 4.58. The van der Waals surface area contributed by atoms with Crippen LogP contribution in [0, 0.1) is 17.0 Å². The van der Waals surface area contributed by atoms with E-state index >= 15 is 0 Å². The number of anilines is 1. The molecule has 0 bridgehead atoms. The van der Waals surface area contributed by atoms with Crippen LogP contribution in [0.3, 0.4) is 0 Å². The number of rotatable bonds is 5. The van der Waals surface area contributed by atoms with Gasteiger partial charge < -0.3 is 5.32 Å². The van der Waals surface area contributed by atoms with Crippen LogP contribution in [0.15, 0.2) is 72.8 Å². The van der Waals surface area contributed by atoms with Crippen LogP contribution in [0.5, 0.6) is 0 Å². The molecule has 6 heteroatoms. The maximum atomic E-state index is 13.1. The van der Waals surface area contributed by atoms with E-state index in [0.717, 1.165) is 11.1 Å². The van der Waals surface area contributed by atoms with E-state index in [1.165, 1.54) is 12.1 Å². The second-order valence-electron chi connectivity index (χ2n) is 6.12. The van der Waals surface area contributed by atoms with E-state index in [0.29, 0.717) is 11.3 Å². The number of nitro benzene ring substituents is 1. The monoisotopic (exact) mass is 380 g/mol. The Kier molecular flexibility index (Phi) is 5.52. The van der Waals surface area contributed by atoms with Crippen molar-refractivity contribution in [3.8, 4) is 0 Å². The lowest BCUT2D eigenvalue weighted by atomic mass is 9.90. The second-order valence-corrected chi connectivity index (χ2v) is 6.53. The predicted octanol–water partition coefficient (Wildman–Crippen LogP) is 5.33. The van der Waals surface area contributed by atoms with Crippen molar-refractivity contribution in [2.24, 2.45) is 0 Å². The summed E-state index contributed by atoms with van der Waals surface area (Å²) >= 11 is 6.00. The maximum absolute atomic E-state index is 13.1. The molecule has 3 aromatic rings. The molecule has 0 aromatic heterocycles. The van der Waals surface area contributed by atoms with Crippen molar-refractivity contribution in [2.45, 2.75) is 12.8 Å². The Morgan fingerprint density at radius 2 is 1.52 bits per heavy atom. The van der Waals surface area contributed by atoms with Crippen molar-refractivity contribution in [3.63, 3.8) is 0 Å². The Morgan fingerprint density at radius 3 is 2.00 bits per heavy atom. The molecule has 3 aromatic carbocycles. The van der Waals surface area contributed by atoms with Gasteiger partial charge in [-0.3, -0.25) is 14.9 Å². The summed E-state index contributed by atoms with van der Waals surface area (Å²) in [6.45, 7) is 1.69. The summed E-state index contributed by atoms with van der Waals surface area (Å²) in [7, 11) is 0. The molecule has 0 spiro atoms. The summed E-state index contributed by atoms with van der Waals surface area (Å²) in [5.41, 5.74) is 2.54. The number of hydrogen-bond acceptors (Lipinski definition) is 3. The molecule has 3 rings (SSSR count). The zero-order valence-electron chi connectivity index (χ0n) is 14.6. The molecule has 0 radical (unpaired) electrons. The molecule has 0 aliphatic heterocycles. The quantitative estimate of drug-likeness (QED) is 0.480. The summed E-state index contributed by atoms with van der Waals surface area (Å²) in [4.78, 5) is 23.6. The summed E-state index contributed by atoms with van der Waals surface area (Å²) in [5, 5.41) is 13.9. The SMILES string of the molecule is Cc1cc([N+](=O)[O-])c(Cl)cc1NC(=O)C(c1ccccc1)c1ccccc1. The summed E-state index contributed by atoms with van der Waals surface area (Å²) < 4.78 is 0. The fraction of sp³-hybridized carbons (Fsp3) is 0.0952. The first-order chi connectivity index (χ1) is 13.0. The second kappa shape index (κ2) is 8.01. The van der Waals surface area contributed by atoms with Crippen LogP contribution >= 0.6 is 11.6 Å². The first-order valence-corrected chi connectivity index (χ1v) is 8.70. The Morgan fingerprint density at radius 1 is 1.00 bits per heavy atom. The highest BCUT2D eigenvalue weighted by Gasteiger charge is 2.24. The summed E-state index contributed by atoms with van der Waals surface area (Å²) in [6.07, 6.45) is 0. The molecule has 0 unspecified atom stereocenters. The van der Waals surface area contributed by atoms with Gasteiger partial charge in [0.1, 0.15) is 5.02 Å². The molecule has 1 N–H and O–H groups in total. The minimum absolute atomic E-state index is 0.0168. The number of carbonyl (C=O) groups is 1. The first kappa shape index (κ1) is 18.6. The normalized spacial score (nSPS) is 10.6. The van der Waals surface area contributed by atoms with Gasteiger partial charge in [0.15, 0.2) is 0 Å². The lowest BCUT2D eigenvalue weighted by Crippen LogP contribution is -2.22. The zero-order chi connectivity index (χ0) is 19.4. The molecular formula is C21H17ClN2O3. The fourth-order valence-electron chi connectivity index (χ4n) is 2.93. The number of aryl methyl sites for hydroxylation is 1. The van der Waals surface area contributed by atoms with Gasteiger partial charge in [0.05, 0.1) is 10.8 Å². The highest BCUT2D eigenvalue weighted by molar-refractivity contribution is 6.33. The van der Waals surface area contributed by atoms with Crippen LogP contribution in [-0.2, 0) is 4.79 Å². The molecule has 0 saturated heterocycles. The molecular weight excluding hydrogens is 364 g/mol. The highest BCUT2D eigenvalue weighted by Crippen LogP contribution is 2.32. The van der Waals surface area contributed by atoms with E-state index in [9.17, 15) is 14.9 Å². The largest absolute Gasteiger partial charge is 0.325 e. The average molecular weight is 381 g/mol. The molecule has 5 nitrogen and oxygen atoms in total. The van der Waals surface area contributed by atoms with Crippen molar-refractivity contribution in [2.75, 3.05) is 5.32 Å². The number of nitrogens with zero attached hydrogens (tertiary/aromatic N) is 1. The van der Waals surface area contributed by atoms with Crippen LogP contribution in [0.1, 0.15) is 22.6 Å². The minimum atomic E-state index is -0.544. The van der Waals surface area contributed by atoms with Crippen molar-refractivity contribution in [1.29, 1.82) is 0 Å². The zero-order valence-corrected chi connectivity index (χ0v) is 15.3. The number of nitro groups is 1. The number of halogens is 1. The molecule has 0 saturated carbocycles. The van der Waals surface area contributed by atoms with Crippen molar-refractivity contribution in [3.05, 3.63) is 105 Å². The van der Waals surface area contributed by atoms with E-state index in [2.05, 4.69) is 5.32 Å². The molecule has 0 fully saturated rings. The van der Waals surface area contributed by atoms with Gasteiger partial charge >= 0.3 is 0 Å². The summed E-state index contributed by atoms with van der Waals surface area (Å²) in [5.74, 6) is -0.749. The number of nitrogens with one attached hydrogen (secondary N) is 1. The Balaban J connectivity index is 1.97. The van der Waals surface area contributed by atoms with Crippen LogP contribution in [0.25, 0.3) is 0 Å². The van der Waals surface area contributed by atoms with E-state index in [4.69, 9.17) is 11.6 Å². The van der Waals surface area contributed by atoms with Gasteiger partial charge in [-0.1, -0.05) is 72.3 Å². The maximum Gasteiger partial charge on any atom is 0.288 e. The molecule has 0 heterocycles. The average Bonchev–Trinajstić information content (AvgIpc) is 2.66. The van der Waals surface area contributed by atoms with Crippen LogP contribution < -0.4 is 5.32 Å². The first-order valence-electron chi connectivity index (χ1n) is 8.32. The van der Waals surface area contributed by atoms with Gasteiger partial charge in [-0.2, -0.15) is 0 Å². The molecule has 0 aliphatic rings. The van der Waals surface area contributed by atoms with Crippen LogP contribution in [-0.4, -0.2) is 10.8 Å². The number of amides is 1. The molecule has 0 atom stereocenters. The molecule has 1 amide bonds. The van der Waals surface area contributed by atoms with Crippen molar-refractivity contribution < 1.29 is 9.72 Å². The number of benzene rings is 3. The Labute approximate surface area is 161 Å². The molecule has 27 heavy (non-hydrogen) atoms. The number of hydrogen-bond donors (Lipinski definition) is 1. The lowest BCUT2D eigenvalue weighted by molar-refractivity contribution is -0.384. The van der Waals surface area contributed by atoms with E-state index < -0.39 is 10.8 Å². The van der Waals surface area contributed by atoms with Gasteiger partial charge in [-0.05, 0) is 29.7 Å². The smallest absolute Gasteiger partial charge is 0.288 e. The van der Waals surface area contributed by atoms with Gasteiger partial charge in [-0.15, -0.1) is 0 Å². The van der Waals surface area contributed by atoms with E-state index in [1.54, 1.807) is 6.92 Å². The molecule has 136 valence electrons. The minimum Gasteiger partial charge on any atom is -0.325 e.